The van der Waals surface area contributed by atoms with Gasteiger partial charge < -0.3 is 10.1 Å². The highest BCUT2D eigenvalue weighted by molar-refractivity contribution is 9.11. The van der Waals surface area contributed by atoms with Crippen molar-refractivity contribution in [2.45, 2.75) is 6.04 Å². The zero-order chi connectivity index (χ0) is 9.97. The van der Waals surface area contributed by atoms with Crippen LogP contribution in [0.25, 0.3) is 0 Å². The van der Waals surface area contributed by atoms with Crippen molar-refractivity contribution in [3.8, 4) is 0 Å². The number of hydrogen-bond donors (Lipinski definition) is 1. The quantitative estimate of drug-likeness (QED) is 0.859. The Bertz CT molecular complexity index is 324. The molecule has 1 heterocycles. The summed E-state index contributed by atoms with van der Waals surface area (Å²) in [5, 5.41) is 3.43. The summed E-state index contributed by atoms with van der Waals surface area (Å²) in [7, 11) is 0. The fraction of sp³-hybridized carbons (Fsp3) is 0.400. The first-order chi connectivity index (χ1) is 6.77. The number of morpholine rings is 1. The number of benzene rings is 1. The maximum absolute atomic E-state index is 5.43. The molecule has 2 nitrogen and oxygen atoms in total. The third kappa shape index (κ3) is 2.37. The molecule has 1 saturated heterocycles. The summed E-state index contributed by atoms with van der Waals surface area (Å²) in [5.74, 6) is 0. The average Bonchev–Trinajstić information content (AvgIpc) is 2.23. The van der Waals surface area contributed by atoms with Crippen LogP contribution >= 0.6 is 31.9 Å². The van der Waals surface area contributed by atoms with Gasteiger partial charge in [-0.25, -0.2) is 0 Å². The second kappa shape index (κ2) is 4.75. The molecule has 0 spiro atoms. The lowest BCUT2D eigenvalue weighted by Crippen LogP contribution is -2.34. The van der Waals surface area contributed by atoms with Gasteiger partial charge in [0.2, 0.25) is 0 Å². The van der Waals surface area contributed by atoms with Gasteiger partial charge in [-0.1, -0.05) is 31.9 Å². The lowest BCUT2D eigenvalue weighted by molar-refractivity contribution is 0.0766. The fourth-order valence-electron chi connectivity index (χ4n) is 1.55. The summed E-state index contributed by atoms with van der Waals surface area (Å²) in [6.07, 6.45) is 0. The first-order valence-corrected chi connectivity index (χ1v) is 6.12. The Balaban J connectivity index is 2.24. The topological polar surface area (TPSA) is 21.3 Å². The molecule has 0 aliphatic carbocycles. The van der Waals surface area contributed by atoms with Gasteiger partial charge in [-0.3, -0.25) is 0 Å². The molecule has 1 aliphatic heterocycles. The van der Waals surface area contributed by atoms with E-state index < -0.39 is 0 Å². The molecule has 1 N–H and O–H groups in total. The predicted octanol–water partition coefficient (Wildman–Crippen LogP) is 2.87. The van der Waals surface area contributed by atoms with Crippen molar-refractivity contribution in [1.82, 2.24) is 5.32 Å². The molecule has 1 aliphatic rings. The summed E-state index contributed by atoms with van der Waals surface area (Å²) >= 11 is 7.02. The van der Waals surface area contributed by atoms with Gasteiger partial charge in [0.15, 0.2) is 0 Å². The molecular formula is C10H11Br2NO. The van der Waals surface area contributed by atoms with Gasteiger partial charge in [0.25, 0.3) is 0 Å². The van der Waals surface area contributed by atoms with Crippen LogP contribution in [0.3, 0.4) is 0 Å². The van der Waals surface area contributed by atoms with Crippen LogP contribution in [0.4, 0.5) is 0 Å². The van der Waals surface area contributed by atoms with Gasteiger partial charge in [-0.2, -0.15) is 0 Å². The average molecular weight is 321 g/mol. The number of hydrogen-bond acceptors (Lipinski definition) is 2. The molecule has 14 heavy (non-hydrogen) atoms. The Morgan fingerprint density at radius 1 is 1.36 bits per heavy atom. The Hall–Kier alpha value is 0.1000. The highest BCUT2D eigenvalue weighted by Gasteiger charge is 2.17. The smallest absolute Gasteiger partial charge is 0.0662 e. The van der Waals surface area contributed by atoms with Crippen molar-refractivity contribution in [3.05, 3.63) is 32.7 Å². The molecule has 76 valence electrons. The van der Waals surface area contributed by atoms with Crippen LogP contribution in [0, 0.1) is 0 Å². The van der Waals surface area contributed by atoms with Crippen LogP contribution in [-0.4, -0.2) is 19.8 Å². The van der Waals surface area contributed by atoms with E-state index in [9.17, 15) is 0 Å². The molecule has 0 bridgehead atoms. The second-order valence-electron chi connectivity index (χ2n) is 3.25. The summed E-state index contributed by atoms with van der Waals surface area (Å²) in [6, 6.07) is 6.50. The summed E-state index contributed by atoms with van der Waals surface area (Å²) in [5.41, 5.74) is 1.25. The minimum atomic E-state index is 0.302. The number of halogens is 2. The molecule has 0 saturated carbocycles. The van der Waals surface area contributed by atoms with E-state index in [4.69, 9.17) is 4.74 Å². The monoisotopic (exact) mass is 319 g/mol. The maximum atomic E-state index is 5.43. The van der Waals surface area contributed by atoms with Crippen molar-refractivity contribution in [2.24, 2.45) is 0 Å². The SMILES string of the molecule is Brc1ccc(Br)c([C@@H]2COCCN2)c1. The first-order valence-electron chi connectivity index (χ1n) is 4.53. The van der Waals surface area contributed by atoms with Crippen molar-refractivity contribution in [2.75, 3.05) is 19.8 Å². The molecule has 0 radical (unpaired) electrons. The zero-order valence-electron chi connectivity index (χ0n) is 7.59. The van der Waals surface area contributed by atoms with Crippen LogP contribution in [0.1, 0.15) is 11.6 Å². The highest BCUT2D eigenvalue weighted by Crippen LogP contribution is 2.27. The Morgan fingerprint density at radius 3 is 2.93 bits per heavy atom. The minimum absolute atomic E-state index is 0.302. The molecule has 1 fully saturated rings. The Morgan fingerprint density at radius 2 is 2.21 bits per heavy atom. The van der Waals surface area contributed by atoms with E-state index in [1.165, 1.54) is 5.56 Å². The van der Waals surface area contributed by atoms with Crippen LogP contribution in [-0.2, 0) is 4.74 Å². The second-order valence-corrected chi connectivity index (χ2v) is 5.02. The number of rotatable bonds is 1. The number of nitrogens with one attached hydrogen (secondary N) is 1. The Kier molecular flexibility index (Phi) is 3.60. The molecule has 1 atom stereocenters. The zero-order valence-corrected chi connectivity index (χ0v) is 10.8. The molecular weight excluding hydrogens is 310 g/mol. The molecule has 2 rings (SSSR count). The molecule has 0 unspecified atom stereocenters. The predicted molar refractivity (Wildman–Crippen MR) is 63.4 cm³/mol. The highest BCUT2D eigenvalue weighted by atomic mass is 79.9. The molecule has 0 aromatic heterocycles. The van der Waals surface area contributed by atoms with Crippen LogP contribution in [0.5, 0.6) is 0 Å². The lowest BCUT2D eigenvalue weighted by Gasteiger charge is -2.25. The van der Waals surface area contributed by atoms with Crippen LogP contribution < -0.4 is 5.32 Å². The van der Waals surface area contributed by atoms with Crippen molar-refractivity contribution >= 4 is 31.9 Å². The first kappa shape index (κ1) is 10.6. The number of ether oxygens (including phenoxy) is 1. The van der Waals surface area contributed by atoms with E-state index in [1.807, 2.05) is 6.07 Å². The van der Waals surface area contributed by atoms with Crippen molar-refractivity contribution in [3.63, 3.8) is 0 Å². The lowest BCUT2D eigenvalue weighted by atomic mass is 10.1. The van der Waals surface area contributed by atoms with Gasteiger partial charge in [-0.05, 0) is 23.8 Å². The molecule has 1 aromatic rings. The molecule has 0 amide bonds. The maximum Gasteiger partial charge on any atom is 0.0662 e. The van der Waals surface area contributed by atoms with Crippen LogP contribution in [0.15, 0.2) is 27.1 Å². The van der Waals surface area contributed by atoms with Gasteiger partial charge in [0.05, 0.1) is 19.3 Å². The molecule has 4 heteroatoms. The summed E-state index contributed by atoms with van der Waals surface area (Å²) in [6.45, 7) is 2.47. The molecule has 1 aromatic carbocycles. The van der Waals surface area contributed by atoms with E-state index in [1.54, 1.807) is 0 Å². The van der Waals surface area contributed by atoms with Crippen LogP contribution in [0.2, 0.25) is 0 Å². The minimum Gasteiger partial charge on any atom is -0.378 e. The third-order valence-electron chi connectivity index (χ3n) is 2.26. The van der Waals surface area contributed by atoms with E-state index in [2.05, 4.69) is 49.3 Å². The third-order valence-corrected chi connectivity index (χ3v) is 3.47. The van der Waals surface area contributed by atoms with Gasteiger partial charge >= 0.3 is 0 Å². The Labute approximate surface area is 100 Å². The summed E-state index contributed by atoms with van der Waals surface area (Å²) < 4.78 is 7.66. The van der Waals surface area contributed by atoms with E-state index >= 15 is 0 Å². The van der Waals surface area contributed by atoms with Crippen molar-refractivity contribution < 1.29 is 4.74 Å². The van der Waals surface area contributed by atoms with Gasteiger partial charge in [-0.15, -0.1) is 0 Å². The van der Waals surface area contributed by atoms with E-state index in [0.29, 0.717) is 6.04 Å². The normalized spacial score (nSPS) is 22.3. The van der Waals surface area contributed by atoms with Crippen molar-refractivity contribution in [1.29, 1.82) is 0 Å². The standard InChI is InChI=1S/C10H11Br2NO/c11-7-1-2-9(12)8(5-7)10-6-14-4-3-13-10/h1-2,5,10,13H,3-4,6H2/t10-/m0/s1. The fourth-order valence-corrected chi connectivity index (χ4v) is 2.45. The van der Waals surface area contributed by atoms with Gasteiger partial charge in [0, 0.05) is 15.5 Å². The largest absolute Gasteiger partial charge is 0.378 e. The van der Waals surface area contributed by atoms with Gasteiger partial charge in [0.1, 0.15) is 0 Å². The van der Waals surface area contributed by atoms with E-state index in [-0.39, 0.29) is 0 Å². The summed E-state index contributed by atoms with van der Waals surface area (Å²) in [4.78, 5) is 0. The van der Waals surface area contributed by atoms with E-state index in [0.717, 1.165) is 28.7 Å².